The van der Waals surface area contributed by atoms with E-state index in [1.807, 2.05) is 67.6 Å². The Morgan fingerprint density at radius 1 is 1.00 bits per heavy atom. The summed E-state index contributed by atoms with van der Waals surface area (Å²) in [5.41, 5.74) is 1.35. The van der Waals surface area contributed by atoms with Crippen LogP contribution in [0, 0.1) is 0 Å². The van der Waals surface area contributed by atoms with E-state index in [0.717, 1.165) is 11.1 Å². The van der Waals surface area contributed by atoms with Crippen LogP contribution < -0.4 is 0 Å². The third-order valence-electron chi connectivity index (χ3n) is 3.66. The standard InChI is InChI=1S/C16H16O2/c1-12-16(18-12,14-10-6-3-7-11-14)15(17)13-8-4-2-5-9-13/h2-12,15,17H,1H3/t12-,15+,16+/m1/s1. The Morgan fingerprint density at radius 2 is 1.50 bits per heavy atom. The second-order valence-electron chi connectivity index (χ2n) is 4.73. The second kappa shape index (κ2) is 4.23. The Morgan fingerprint density at radius 3 is 2.00 bits per heavy atom. The van der Waals surface area contributed by atoms with Crippen LogP contribution in [0.5, 0.6) is 0 Å². The molecule has 0 spiro atoms. The maximum absolute atomic E-state index is 10.6. The molecule has 92 valence electrons. The van der Waals surface area contributed by atoms with E-state index in [2.05, 4.69) is 0 Å². The summed E-state index contributed by atoms with van der Waals surface area (Å²) in [6.07, 6.45) is -0.591. The molecule has 0 aliphatic carbocycles. The van der Waals surface area contributed by atoms with Gasteiger partial charge in [-0.2, -0.15) is 0 Å². The molecule has 0 aromatic heterocycles. The van der Waals surface area contributed by atoms with Crippen molar-refractivity contribution in [3.05, 3.63) is 71.8 Å². The van der Waals surface area contributed by atoms with Crippen LogP contribution in [0.3, 0.4) is 0 Å². The molecule has 3 atom stereocenters. The quantitative estimate of drug-likeness (QED) is 0.836. The minimum absolute atomic E-state index is 0.0371. The van der Waals surface area contributed by atoms with Gasteiger partial charge in [-0.3, -0.25) is 0 Å². The molecular formula is C16H16O2. The van der Waals surface area contributed by atoms with Gasteiger partial charge in [0.2, 0.25) is 0 Å². The van der Waals surface area contributed by atoms with Crippen molar-refractivity contribution in [3.8, 4) is 0 Å². The zero-order chi connectivity index (χ0) is 12.6. The number of aliphatic hydroxyl groups is 1. The molecule has 1 fully saturated rings. The van der Waals surface area contributed by atoms with Crippen molar-refractivity contribution in [2.75, 3.05) is 0 Å². The number of aliphatic hydroxyl groups excluding tert-OH is 1. The van der Waals surface area contributed by atoms with Gasteiger partial charge in [0, 0.05) is 0 Å². The van der Waals surface area contributed by atoms with Crippen LogP contribution in [0.25, 0.3) is 0 Å². The Labute approximate surface area is 107 Å². The fraction of sp³-hybridized carbons (Fsp3) is 0.250. The molecule has 0 amide bonds. The van der Waals surface area contributed by atoms with Gasteiger partial charge < -0.3 is 9.84 Å². The fourth-order valence-electron chi connectivity index (χ4n) is 2.59. The van der Waals surface area contributed by atoms with Crippen molar-refractivity contribution >= 4 is 0 Å². The van der Waals surface area contributed by atoms with Crippen molar-refractivity contribution in [3.63, 3.8) is 0 Å². The highest BCUT2D eigenvalue weighted by Gasteiger charge is 2.60. The van der Waals surface area contributed by atoms with Gasteiger partial charge in [0.05, 0.1) is 6.10 Å². The average molecular weight is 240 g/mol. The van der Waals surface area contributed by atoms with E-state index in [1.54, 1.807) is 0 Å². The number of hydrogen-bond donors (Lipinski definition) is 1. The van der Waals surface area contributed by atoms with Crippen LogP contribution in [-0.4, -0.2) is 11.2 Å². The first kappa shape index (κ1) is 11.5. The van der Waals surface area contributed by atoms with Gasteiger partial charge in [-0.05, 0) is 18.1 Å². The summed E-state index contributed by atoms with van der Waals surface area (Å²) >= 11 is 0. The highest BCUT2D eigenvalue weighted by molar-refractivity contribution is 5.35. The van der Waals surface area contributed by atoms with Gasteiger partial charge >= 0.3 is 0 Å². The van der Waals surface area contributed by atoms with Gasteiger partial charge in [-0.1, -0.05) is 60.7 Å². The molecule has 3 rings (SSSR count). The summed E-state index contributed by atoms with van der Waals surface area (Å²) in [6, 6.07) is 19.6. The van der Waals surface area contributed by atoms with Crippen LogP contribution >= 0.6 is 0 Å². The van der Waals surface area contributed by atoms with Crippen LogP contribution in [0.2, 0.25) is 0 Å². The summed E-state index contributed by atoms with van der Waals surface area (Å²) in [4.78, 5) is 0. The highest BCUT2D eigenvalue weighted by Crippen LogP contribution is 2.54. The Balaban J connectivity index is 1.99. The number of epoxide rings is 1. The molecular weight excluding hydrogens is 224 g/mol. The Hall–Kier alpha value is -1.64. The summed E-state index contributed by atoms with van der Waals surface area (Å²) in [5.74, 6) is 0. The molecule has 1 saturated heterocycles. The van der Waals surface area contributed by atoms with Gasteiger partial charge in [-0.25, -0.2) is 0 Å². The molecule has 18 heavy (non-hydrogen) atoms. The van der Waals surface area contributed by atoms with Crippen molar-refractivity contribution < 1.29 is 9.84 Å². The first-order chi connectivity index (χ1) is 8.75. The maximum Gasteiger partial charge on any atom is 0.149 e. The van der Waals surface area contributed by atoms with Crippen molar-refractivity contribution in [2.24, 2.45) is 0 Å². The van der Waals surface area contributed by atoms with E-state index >= 15 is 0 Å². The van der Waals surface area contributed by atoms with Crippen molar-refractivity contribution in [1.29, 1.82) is 0 Å². The molecule has 1 aliphatic rings. The summed E-state index contributed by atoms with van der Waals surface area (Å²) in [6.45, 7) is 2.00. The zero-order valence-electron chi connectivity index (χ0n) is 10.3. The SMILES string of the molecule is C[C@H]1O[C@@]1(c1ccccc1)[C@@H](O)c1ccccc1. The van der Waals surface area contributed by atoms with Crippen LogP contribution in [0.15, 0.2) is 60.7 Å². The lowest BCUT2D eigenvalue weighted by Crippen LogP contribution is -2.22. The zero-order valence-corrected chi connectivity index (χ0v) is 10.3. The lowest BCUT2D eigenvalue weighted by molar-refractivity contribution is 0.0730. The first-order valence-electron chi connectivity index (χ1n) is 6.21. The van der Waals surface area contributed by atoms with E-state index in [1.165, 1.54) is 0 Å². The van der Waals surface area contributed by atoms with E-state index in [9.17, 15) is 5.11 Å². The predicted molar refractivity (Wildman–Crippen MR) is 70.1 cm³/mol. The Kier molecular flexibility index (Phi) is 2.69. The molecule has 2 aromatic carbocycles. The number of rotatable bonds is 3. The molecule has 0 radical (unpaired) electrons. The topological polar surface area (TPSA) is 32.8 Å². The number of hydrogen-bond acceptors (Lipinski definition) is 2. The average Bonchev–Trinajstić information content (AvgIpc) is 3.13. The lowest BCUT2D eigenvalue weighted by atomic mass is 9.86. The second-order valence-corrected chi connectivity index (χ2v) is 4.73. The lowest BCUT2D eigenvalue weighted by Gasteiger charge is -2.20. The van der Waals surface area contributed by atoms with E-state index in [-0.39, 0.29) is 6.10 Å². The minimum atomic E-state index is -0.629. The summed E-state index contributed by atoms with van der Waals surface area (Å²) < 4.78 is 5.76. The van der Waals surface area contributed by atoms with Gasteiger partial charge in [-0.15, -0.1) is 0 Å². The number of ether oxygens (including phenoxy) is 1. The summed E-state index contributed by atoms with van der Waals surface area (Å²) in [7, 11) is 0. The van der Waals surface area contributed by atoms with Gasteiger partial charge in [0.15, 0.2) is 0 Å². The third-order valence-corrected chi connectivity index (χ3v) is 3.66. The van der Waals surface area contributed by atoms with Crippen molar-refractivity contribution in [1.82, 2.24) is 0 Å². The molecule has 0 unspecified atom stereocenters. The van der Waals surface area contributed by atoms with Crippen LogP contribution in [-0.2, 0) is 10.3 Å². The smallest absolute Gasteiger partial charge is 0.149 e. The molecule has 2 heteroatoms. The van der Waals surface area contributed by atoms with Crippen molar-refractivity contribution in [2.45, 2.75) is 24.7 Å². The largest absolute Gasteiger partial charge is 0.385 e. The molecule has 0 bridgehead atoms. The van der Waals surface area contributed by atoms with Crippen LogP contribution in [0.1, 0.15) is 24.2 Å². The maximum atomic E-state index is 10.6. The van der Waals surface area contributed by atoms with E-state index in [0.29, 0.717) is 0 Å². The van der Waals surface area contributed by atoms with Gasteiger partial charge in [0.25, 0.3) is 0 Å². The molecule has 1 N–H and O–H groups in total. The summed E-state index contributed by atoms with van der Waals surface area (Å²) in [5, 5.41) is 10.6. The first-order valence-corrected chi connectivity index (χ1v) is 6.21. The molecule has 2 nitrogen and oxygen atoms in total. The van der Waals surface area contributed by atoms with E-state index in [4.69, 9.17) is 4.74 Å². The molecule has 1 heterocycles. The fourth-order valence-corrected chi connectivity index (χ4v) is 2.59. The molecule has 0 saturated carbocycles. The normalized spacial score (nSPS) is 27.8. The number of benzene rings is 2. The van der Waals surface area contributed by atoms with Crippen LogP contribution in [0.4, 0.5) is 0 Å². The molecule has 1 aliphatic heterocycles. The molecule has 2 aromatic rings. The van der Waals surface area contributed by atoms with E-state index < -0.39 is 11.7 Å². The third kappa shape index (κ3) is 1.65. The van der Waals surface area contributed by atoms with Gasteiger partial charge in [0.1, 0.15) is 11.7 Å². The highest BCUT2D eigenvalue weighted by atomic mass is 16.6. The minimum Gasteiger partial charge on any atom is -0.385 e. The predicted octanol–water partition coefficient (Wildman–Crippen LogP) is 3.03. The monoisotopic (exact) mass is 240 g/mol. The Bertz CT molecular complexity index is 523.